The topological polar surface area (TPSA) is 20.3 Å². The molecule has 2 heteroatoms. The molecule has 0 spiro atoms. The summed E-state index contributed by atoms with van der Waals surface area (Å²) in [6, 6.07) is 0. The zero-order valence-electron chi connectivity index (χ0n) is 20.6. The van der Waals surface area contributed by atoms with Gasteiger partial charge in [-0.15, -0.1) is 0 Å². The molecule has 0 atom stereocenters. The van der Waals surface area contributed by atoms with Crippen molar-refractivity contribution in [2.45, 2.75) is 148 Å². The molecule has 174 valence electrons. The third-order valence-corrected chi connectivity index (χ3v) is 6.12. The highest BCUT2D eigenvalue weighted by molar-refractivity contribution is 5.78. The van der Waals surface area contributed by atoms with Gasteiger partial charge in [0.05, 0.1) is 0 Å². The molecule has 0 aromatic heterocycles. The van der Waals surface area contributed by atoms with E-state index in [1.165, 1.54) is 116 Å². The molecule has 2 nitrogen and oxygen atoms in total. The van der Waals surface area contributed by atoms with Crippen molar-refractivity contribution in [2.75, 3.05) is 20.6 Å². The van der Waals surface area contributed by atoms with Gasteiger partial charge in [-0.3, -0.25) is 4.79 Å². The van der Waals surface area contributed by atoms with E-state index < -0.39 is 0 Å². The van der Waals surface area contributed by atoms with E-state index in [2.05, 4.69) is 25.9 Å². The van der Waals surface area contributed by atoms with Gasteiger partial charge >= 0.3 is 0 Å². The number of hydrogen-bond donors (Lipinski definition) is 0. The van der Waals surface area contributed by atoms with Crippen molar-refractivity contribution in [1.29, 1.82) is 0 Å². The Hall–Kier alpha value is -0.370. The minimum Gasteiger partial charge on any atom is -0.309 e. The van der Waals surface area contributed by atoms with Crippen molar-refractivity contribution in [2.24, 2.45) is 0 Å². The lowest BCUT2D eigenvalue weighted by atomic mass is 10.0. The third-order valence-electron chi connectivity index (χ3n) is 6.12. The molecule has 0 radical (unpaired) electrons. The summed E-state index contributed by atoms with van der Waals surface area (Å²) in [6.45, 7) is 3.33. The molecule has 0 fully saturated rings. The number of rotatable bonds is 24. The molecule has 0 N–H and O–H groups in total. The Morgan fingerprint density at radius 3 is 1.14 bits per heavy atom. The second-order valence-corrected chi connectivity index (χ2v) is 9.56. The van der Waals surface area contributed by atoms with Crippen molar-refractivity contribution in [3.8, 4) is 0 Å². The number of hydrogen-bond acceptors (Lipinski definition) is 2. The Morgan fingerprint density at radius 1 is 0.483 bits per heavy atom. The largest absolute Gasteiger partial charge is 0.309 e. The Morgan fingerprint density at radius 2 is 0.793 bits per heavy atom. The zero-order chi connectivity index (χ0) is 21.4. The lowest BCUT2D eigenvalue weighted by Gasteiger charge is -2.08. The average molecular weight is 410 g/mol. The summed E-state index contributed by atoms with van der Waals surface area (Å²) in [5, 5.41) is 0. The van der Waals surface area contributed by atoms with Gasteiger partial charge in [-0.2, -0.15) is 0 Å². The Kier molecular flexibility index (Phi) is 23.6. The molecule has 0 aromatic rings. The van der Waals surface area contributed by atoms with Crippen LogP contribution in [-0.4, -0.2) is 31.3 Å². The molecular weight excluding hydrogens is 354 g/mol. The fourth-order valence-corrected chi connectivity index (χ4v) is 4.12. The van der Waals surface area contributed by atoms with Crippen LogP contribution in [0.1, 0.15) is 148 Å². The van der Waals surface area contributed by atoms with Gasteiger partial charge in [0.25, 0.3) is 0 Å². The standard InChI is InChI=1S/C27H55NO/c1-4-5-6-7-8-9-10-11-12-13-14-15-16-17-18-19-20-21-22-24-27(29)25-23-26-28(2)3/h4-26H2,1-3H3. The van der Waals surface area contributed by atoms with Gasteiger partial charge in [0.2, 0.25) is 0 Å². The van der Waals surface area contributed by atoms with Crippen LogP contribution >= 0.6 is 0 Å². The van der Waals surface area contributed by atoms with E-state index in [0.717, 1.165) is 32.2 Å². The van der Waals surface area contributed by atoms with E-state index in [-0.39, 0.29) is 0 Å². The molecule has 29 heavy (non-hydrogen) atoms. The van der Waals surface area contributed by atoms with E-state index in [1.54, 1.807) is 0 Å². The first kappa shape index (κ1) is 28.6. The molecule has 0 saturated heterocycles. The summed E-state index contributed by atoms with van der Waals surface area (Å²) in [7, 11) is 4.14. The summed E-state index contributed by atoms with van der Waals surface area (Å²) < 4.78 is 0. The van der Waals surface area contributed by atoms with Crippen LogP contribution in [0, 0.1) is 0 Å². The molecule has 0 rings (SSSR count). The number of carbonyl (C=O) groups is 1. The maximum atomic E-state index is 11.8. The fourth-order valence-electron chi connectivity index (χ4n) is 4.12. The molecule has 0 aliphatic rings. The van der Waals surface area contributed by atoms with Crippen LogP contribution in [0.2, 0.25) is 0 Å². The van der Waals surface area contributed by atoms with Gasteiger partial charge in [0.15, 0.2) is 0 Å². The number of ketones is 1. The first-order valence-corrected chi connectivity index (χ1v) is 13.3. The quantitative estimate of drug-likeness (QED) is 0.148. The number of carbonyl (C=O) groups excluding carboxylic acids is 1. The second kappa shape index (κ2) is 23.9. The third kappa shape index (κ3) is 25.6. The maximum absolute atomic E-state index is 11.8. The van der Waals surface area contributed by atoms with Crippen LogP contribution in [0.3, 0.4) is 0 Å². The first-order valence-electron chi connectivity index (χ1n) is 13.3. The molecule has 0 amide bonds. The molecule has 0 saturated carbocycles. The van der Waals surface area contributed by atoms with Crippen molar-refractivity contribution in [1.82, 2.24) is 4.90 Å². The Balaban J connectivity index is 3.09. The van der Waals surface area contributed by atoms with Crippen LogP contribution in [0.25, 0.3) is 0 Å². The molecular formula is C27H55NO. The van der Waals surface area contributed by atoms with E-state index >= 15 is 0 Å². The predicted octanol–water partition coefficient (Wildman–Crippen LogP) is 8.72. The minimum absolute atomic E-state index is 0.471. The molecule has 0 heterocycles. The van der Waals surface area contributed by atoms with Crippen molar-refractivity contribution >= 4 is 5.78 Å². The number of unbranched alkanes of at least 4 members (excludes halogenated alkanes) is 18. The van der Waals surface area contributed by atoms with Gasteiger partial charge < -0.3 is 4.90 Å². The normalized spacial score (nSPS) is 11.4. The van der Waals surface area contributed by atoms with E-state index in [4.69, 9.17) is 0 Å². The van der Waals surface area contributed by atoms with Crippen LogP contribution in [0.5, 0.6) is 0 Å². The van der Waals surface area contributed by atoms with E-state index in [0.29, 0.717) is 5.78 Å². The van der Waals surface area contributed by atoms with Gasteiger partial charge in [-0.25, -0.2) is 0 Å². The van der Waals surface area contributed by atoms with Crippen molar-refractivity contribution < 1.29 is 4.79 Å². The first-order chi connectivity index (χ1) is 14.2. The monoisotopic (exact) mass is 409 g/mol. The second-order valence-electron chi connectivity index (χ2n) is 9.56. The summed E-state index contributed by atoms with van der Waals surface area (Å²) in [5.74, 6) is 0.471. The lowest BCUT2D eigenvalue weighted by molar-refractivity contribution is -0.119. The van der Waals surface area contributed by atoms with Gasteiger partial charge in [0, 0.05) is 12.8 Å². The zero-order valence-corrected chi connectivity index (χ0v) is 20.6. The molecule has 0 unspecified atom stereocenters. The SMILES string of the molecule is CCCCCCCCCCCCCCCCCCCCCC(=O)CCCN(C)C. The maximum Gasteiger partial charge on any atom is 0.132 e. The summed E-state index contributed by atoms with van der Waals surface area (Å²) >= 11 is 0. The van der Waals surface area contributed by atoms with Crippen LogP contribution in [0.4, 0.5) is 0 Å². The Bertz CT molecular complexity index is 326. The highest BCUT2D eigenvalue weighted by atomic mass is 16.1. The van der Waals surface area contributed by atoms with Gasteiger partial charge in [-0.05, 0) is 33.5 Å². The van der Waals surface area contributed by atoms with Gasteiger partial charge in [-0.1, -0.05) is 122 Å². The Labute approximate surface area is 184 Å². The summed E-state index contributed by atoms with van der Waals surface area (Å²) in [5.41, 5.74) is 0. The summed E-state index contributed by atoms with van der Waals surface area (Å²) in [6.07, 6.45) is 29.3. The van der Waals surface area contributed by atoms with Crippen LogP contribution in [0.15, 0.2) is 0 Å². The lowest BCUT2D eigenvalue weighted by Crippen LogP contribution is -2.14. The average Bonchev–Trinajstić information content (AvgIpc) is 2.69. The highest BCUT2D eigenvalue weighted by Gasteiger charge is 2.02. The fraction of sp³-hybridized carbons (Fsp3) is 0.963. The summed E-state index contributed by atoms with van der Waals surface area (Å²) in [4.78, 5) is 13.9. The number of Topliss-reactive ketones (excluding diaryl/α,β-unsaturated/α-hetero) is 1. The minimum atomic E-state index is 0.471. The predicted molar refractivity (Wildman–Crippen MR) is 131 cm³/mol. The number of nitrogens with zero attached hydrogens (tertiary/aromatic N) is 1. The molecule has 0 aliphatic heterocycles. The van der Waals surface area contributed by atoms with E-state index in [9.17, 15) is 4.79 Å². The van der Waals surface area contributed by atoms with Crippen LogP contribution < -0.4 is 0 Å². The van der Waals surface area contributed by atoms with Gasteiger partial charge in [0.1, 0.15) is 5.78 Å². The highest BCUT2D eigenvalue weighted by Crippen LogP contribution is 2.15. The smallest absolute Gasteiger partial charge is 0.132 e. The molecule has 0 aromatic carbocycles. The molecule has 0 bridgehead atoms. The van der Waals surface area contributed by atoms with Crippen molar-refractivity contribution in [3.05, 3.63) is 0 Å². The molecule has 0 aliphatic carbocycles. The van der Waals surface area contributed by atoms with Crippen LogP contribution in [-0.2, 0) is 4.79 Å². The van der Waals surface area contributed by atoms with Crippen molar-refractivity contribution in [3.63, 3.8) is 0 Å². The van der Waals surface area contributed by atoms with E-state index in [1.807, 2.05) is 0 Å².